The first kappa shape index (κ1) is 11.4. The second-order valence-electron chi connectivity index (χ2n) is 3.76. The van der Waals surface area contributed by atoms with E-state index in [1.54, 1.807) is 15.9 Å². The molecule has 0 spiro atoms. The molecule has 86 valence electrons. The van der Waals surface area contributed by atoms with Gasteiger partial charge in [0.15, 0.2) is 0 Å². The third kappa shape index (κ3) is 2.33. The van der Waals surface area contributed by atoms with E-state index in [9.17, 15) is 4.79 Å². The number of pyridine rings is 1. The summed E-state index contributed by atoms with van der Waals surface area (Å²) in [5.74, 6) is 0. The maximum absolute atomic E-state index is 12.0. The topological polar surface area (TPSA) is 34.0 Å². The molecule has 0 unspecified atom stereocenters. The lowest BCUT2D eigenvalue weighted by atomic mass is 10.3. The van der Waals surface area contributed by atoms with Crippen LogP contribution in [0.15, 0.2) is 28.5 Å². The first-order valence-corrected chi connectivity index (χ1v) is 6.48. The maximum atomic E-state index is 12.0. The molecule has 4 heteroatoms. The van der Waals surface area contributed by atoms with Crippen LogP contribution >= 0.6 is 11.3 Å². The van der Waals surface area contributed by atoms with Gasteiger partial charge in [0, 0.05) is 24.0 Å². The van der Waals surface area contributed by atoms with E-state index in [2.05, 4.69) is 12.2 Å². The molecule has 0 saturated carbocycles. The Morgan fingerprint density at radius 1 is 1.38 bits per heavy atom. The van der Waals surface area contributed by atoms with Crippen molar-refractivity contribution >= 4 is 21.4 Å². The molecule has 0 aliphatic heterocycles. The van der Waals surface area contributed by atoms with Crippen molar-refractivity contribution in [3.05, 3.63) is 34.1 Å². The van der Waals surface area contributed by atoms with Crippen LogP contribution in [0.2, 0.25) is 0 Å². The van der Waals surface area contributed by atoms with E-state index < -0.39 is 0 Å². The predicted octanol–water partition coefficient (Wildman–Crippen LogP) is 2.06. The SMILES string of the molecule is CCCNCCn1ccc2sccc2c1=O. The minimum Gasteiger partial charge on any atom is -0.315 e. The van der Waals surface area contributed by atoms with E-state index in [1.165, 1.54) is 0 Å². The van der Waals surface area contributed by atoms with Gasteiger partial charge in [0.1, 0.15) is 0 Å². The van der Waals surface area contributed by atoms with E-state index >= 15 is 0 Å². The average molecular weight is 236 g/mol. The molecule has 2 heterocycles. The molecule has 0 amide bonds. The second kappa shape index (κ2) is 5.27. The third-order valence-electron chi connectivity index (χ3n) is 2.55. The number of aromatic nitrogens is 1. The Bertz CT molecular complexity index is 515. The number of nitrogens with one attached hydrogen (secondary N) is 1. The van der Waals surface area contributed by atoms with Crippen molar-refractivity contribution < 1.29 is 0 Å². The van der Waals surface area contributed by atoms with Gasteiger partial charge in [0.05, 0.1) is 5.39 Å². The summed E-state index contributed by atoms with van der Waals surface area (Å²) in [6, 6.07) is 3.92. The number of thiophene rings is 1. The molecule has 0 saturated heterocycles. The van der Waals surface area contributed by atoms with Gasteiger partial charge in [0.2, 0.25) is 0 Å². The molecular weight excluding hydrogens is 220 g/mol. The minimum absolute atomic E-state index is 0.122. The summed E-state index contributed by atoms with van der Waals surface area (Å²) in [5.41, 5.74) is 0.122. The molecule has 0 bridgehead atoms. The fraction of sp³-hybridized carbons (Fsp3) is 0.417. The molecule has 0 fully saturated rings. The Morgan fingerprint density at radius 3 is 3.06 bits per heavy atom. The Balaban J connectivity index is 2.12. The largest absolute Gasteiger partial charge is 0.315 e. The van der Waals surface area contributed by atoms with E-state index in [1.807, 2.05) is 23.7 Å². The quantitative estimate of drug-likeness (QED) is 0.806. The van der Waals surface area contributed by atoms with Crippen LogP contribution in [0.3, 0.4) is 0 Å². The molecule has 2 aromatic rings. The first-order chi connectivity index (χ1) is 7.83. The Hall–Kier alpha value is -1.13. The van der Waals surface area contributed by atoms with Crippen molar-refractivity contribution in [2.24, 2.45) is 0 Å². The van der Waals surface area contributed by atoms with Crippen LogP contribution in [-0.2, 0) is 6.54 Å². The van der Waals surface area contributed by atoms with E-state index in [-0.39, 0.29) is 5.56 Å². The van der Waals surface area contributed by atoms with Crippen molar-refractivity contribution in [1.29, 1.82) is 0 Å². The van der Waals surface area contributed by atoms with Crippen LogP contribution in [0.1, 0.15) is 13.3 Å². The van der Waals surface area contributed by atoms with Gasteiger partial charge in [-0.05, 0) is 30.5 Å². The van der Waals surface area contributed by atoms with Gasteiger partial charge in [-0.1, -0.05) is 6.92 Å². The van der Waals surface area contributed by atoms with E-state index in [4.69, 9.17) is 0 Å². The van der Waals surface area contributed by atoms with Crippen molar-refractivity contribution in [2.75, 3.05) is 13.1 Å². The van der Waals surface area contributed by atoms with Crippen LogP contribution in [0.25, 0.3) is 10.1 Å². The number of nitrogens with zero attached hydrogens (tertiary/aromatic N) is 1. The lowest BCUT2D eigenvalue weighted by molar-refractivity contribution is 0.584. The van der Waals surface area contributed by atoms with Crippen molar-refractivity contribution in [1.82, 2.24) is 9.88 Å². The molecule has 2 rings (SSSR count). The maximum Gasteiger partial charge on any atom is 0.259 e. The zero-order chi connectivity index (χ0) is 11.4. The molecule has 0 aliphatic rings. The fourth-order valence-electron chi connectivity index (χ4n) is 1.68. The number of rotatable bonds is 5. The van der Waals surface area contributed by atoms with Crippen molar-refractivity contribution in [3.8, 4) is 0 Å². The molecule has 16 heavy (non-hydrogen) atoms. The molecule has 2 aromatic heterocycles. The van der Waals surface area contributed by atoms with Crippen LogP contribution in [0, 0.1) is 0 Å². The van der Waals surface area contributed by atoms with Crippen LogP contribution in [-0.4, -0.2) is 17.7 Å². The number of hydrogen-bond acceptors (Lipinski definition) is 3. The monoisotopic (exact) mass is 236 g/mol. The number of hydrogen-bond donors (Lipinski definition) is 1. The highest BCUT2D eigenvalue weighted by molar-refractivity contribution is 7.17. The molecule has 0 atom stereocenters. The highest BCUT2D eigenvalue weighted by Gasteiger charge is 2.02. The Morgan fingerprint density at radius 2 is 2.25 bits per heavy atom. The highest BCUT2D eigenvalue weighted by atomic mass is 32.1. The second-order valence-corrected chi connectivity index (χ2v) is 4.71. The lowest BCUT2D eigenvalue weighted by Gasteiger charge is -2.06. The molecule has 3 nitrogen and oxygen atoms in total. The molecule has 1 N–H and O–H groups in total. The zero-order valence-corrected chi connectivity index (χ0v) is 10.2. The molecule has 0 aromatic carbocycles. The first-order valence-electron chi connectivity index (χ1n) is 5.60. The van der Waals surface area contributed by atoms with Crippen LogP contribution in [0.4, 0.5) is 0 Å². The summed E-state index contributed by atoms with van der Waals surface area (Å²) in [6.07, 6.45) is 3.01. The van der Waals surface area contributed by atoms with Gasteiger partial charge in [-0.15, -0.1) is 11.3 Å². The van der Waals surface area contributed by atoms with Gasteiger partial charge in [-0.3, -0.25) is 4.79 Å². The van der Waals surface area contributed by atoms with Crippen molar-refractivity contribution in [3.63, 3.8) is 0 Å². The standard InChI is InChI=1S/C12H16N2OS/c1-2-5-13-6-8-14-7-3-11-10(12(14)15)4-9-16-11/h3-4,7,9,13H,2,5-6,8H2,1H3. The molecule has 0 aliphatic carbocycles. The summed E-state index contributed by atoms with van der Waals surface area (Å²) in [7, 11) is 0. The van der Waals surface area contributed by atoms with Crippen LogP contribution < -0.4 is 10.9 Å². The van der Waals surface area contributed by atoms with Crippen molar-refractivity contribution in [2.45, 2.75) is 19.9 Å². The Labute approximate surface area is 98.7 Å². The smallest absolute Gasteiger partial charge is 0.259 e. The van der Waals surface area contributed by atoms with Gasteiger partial charge in [0.25, 0.3) is 5.56 Å². The number of fused-ring (bicyclic) bond motifs is 1. The summed E-state index contributed by atoms with van der Waals surface area (Å²) in [5, 5.41) is 6.10. The molecule has 0 radical (unpaired) electrons. The van der Waals surface area contributed by atoms with Gasteiger partial charge in [-0.25, -0.2) is 0 Å². The molecular formula is C12H16N2OS. The van der Waals surface area contributed by atoms with E-state index in [0.717, 1.165) is 36.1 Å². The van der Waals surface area contributed by atoms with Crippen LogP contribution in [0.5, 0.6) is 0 Å². The normalized spacial score (nSPS) is 11.1. The highest BCUT2D eigenvalue weighted by Crippen LogP contribution is 2.15. The summed E-state index contributed by atoms with van der Waals surface area (Å²) in [6.45, 7) is 4.74. The minimum atomic E-state index is 0.122. The Kier molecular flexibility index (Phi) is 3.74. The fourth-order valence-corrected chi connectivity index (χ4v) is 2.46. The third-order valence-corrected chi connectivity index (χ3v) is 3.43. The van der Waals surface area contributed by atoms with Gasteiger partial charge < -0.3 is 9.88 Å². The van der Waals surface area contributed by atoms with E-state index in [0.29, 0.717) is 0 Å². The zero-order valence-electron chi connectivity index (χ0n) is 9.40. The lowest BCUT2D eigenvalue weighted by Crippen LogP contribution is -2.26. The summed E-state index contributed by atoms with van der Waals surface area (Å²) < 4.78 is 2.85. The van der Waals surface area contributed by atoms with Gasteiger partial charge >= 0.3 is 0 Å². The van der Waals surface area contributed by atoms with Gasteiger partial charge in [-0.2, -0.15) is 0 Å². The summed E-state index contributed by atoms with van der Waals surface area (Å²) in [4.78, 5) is 12.0. The predicted molar refractivity (Wildman–Crippen MR) is 69.2 cm³/mol. The average Bonchev–Trinajstić information content (AvgIpc) is 2.76. The summed E-state index contributed by atoms with van der Waals surface area (Å²) >= 11 is 1.61.